The summed E-state index contributed by atoms with van der Waals surface area (Å²) in [6.07, 6.45) is 1.57. The van der Waals surface area contributed by atoms with E-state index in [1.54, 1.807) is 11.1 Å². The van der Waals surface area contributed by atoms with E-state index in [4.69, 9.17) is 0 Å². The molecule has 58 valence electrons. The first kappa shape index (κ1) is 6.48. The summed E-state index contributed by atoms with van der Waals surface area (Å²) in [6, 6.07) is -0.312. The first-order valence-corrected chi connectivity index (χ1v) is 3.35. The zero-order valence-electron chi connectivity index (χ0n) is 5.78. The molecule has 0 aliphatic carbocycles. The Morgan fingerprint density at radius 1 is 1.64 bits per heavy atom. The molecule has 1 fully saturated rings. The number of carbonyl (C=O) groups is 2. The molecule has 0 aromatic carbocycles. The van der Waals surface area contributed by atoms with Crippen LogP contribution in [0.3, 0.4) is 0 Å². The highest BCUT2D eigenvalue weighted by Gasteiger charge is 2.34. The van der Waals surface area contributed by atoms with Crippen molar-refractivity contribution >= 4 is 18.0 Å². The van der Waals surface area contributed by atoms with E-state index in [1.807, 2.05) is 0 Å². The third-order valence-corrected chi connectivity index (χ3v) is 1.78. The Hall–Kier alpha value is -1.23. The summed E-state index contributed by atoms with van der Waals surface area (Å²) in [7, 11) is 0. The maximum absolute atomic E-state index is 11.0. The first-order chi connectivity index (χ1) is 5.27. The second kappa shape index (κ2) is 2.13. The summed E-state index contributed by atoms with van der Waals surface area (Å²) in [5.41, 5.74) is 0. The molecule has 2 aliphatic rings. The summed E-state index contributed by atoms with van der Waals surface area (Å²) < 4.78 is 0. The molecule has 1 saturated heterocycles. The lowest BCUT2D eigenvalue weighted by Crippen LogP contribution is -2.56. The second-order valence-corrected chi connectivity index (χ2v) is 2.58. The molecule has 2 heterocycles. The summed E-state index contributed by atoms with van der Waals surface area (Å²) in [6.45, 7) is 0.736. The third kappa shape index (κ3) is 0.932. The summed E-state index contributed by atoms with van der Waals surface area (Å²) in [4.78, 5) is 27.4. The monoisotopic (exact) mass is 153 g/mol. The van der Waals surface area contributed by atoms with Gasteiger partial charge in [-0.25, -0.2) is 0 Å². The van der Waals surface area contributed by atoms with Crippen LogP contribution in [0.5, 0.6) is 0 Å². The molecular formula is C6H7N3O2. The van der Waals surface area contributed by atoms with Crippen LogP contribution in [-0.2, 0) is 9.59 Å². The fourth-order valence-electron chi connectivity index (χ4n) is 1.25. The van der Waals surface area contributed by atoms with Crippen molar-refractivity contribution in [3.63, 3.8) is 0 Å². The van der Waals surface area contributed by atoms with E-state index >= 15 is 0 Å². The summed E-state index contributed by atoms with van der Waals surface area (Å²) >= 11 is 0. The van der Waals surface area contributed by atoms with Gasteiger partial charge in [-0.05, 0) is 0 Å². The highest BCUT2D eigenvalue weighted by Crippen LogP contribution is 2.07. The minimum Gasteiger partial charge on any atom is -0.294 e. The van der Waals surface area contributed by atoms with Gasteiger partial charge in [0.25, 0.3) is 0 Å². The Labute approximate surface area is 63.1 Å². The Kier molecular flexibility index (Phi) is 1.25. The third-order valence-electron chi connectivity index (χ3n) is 1.78. The Bertz CT molecular complexity index is 248. The van der Waals surface area contributed by atoms with Crippen molar-refractivity contribution in [2.24, 2.45) is 4.99 Å². The lowest BCUT2D eigenvalue weighted by molar-refractivity contribution is -0.137. The minimum atomic E-state index is -0.312. The molecule has 0 bridgehead atoms. The van der Waals surface area contributed by atoms with E-state index in [2.05, 4.69) is 10.3 Å². The van der Waals surface area contributed by atoms with E-state index in [1.165, 1.54) is 0 Å². The Morgan fingerprint density at radius 3 is 3.27 bits per heavy atom. The molecule has 0 saturated carbocycles. The topological polar surface area (TPSA) is 61.8 Å². The number of nitrogens with zero attached hydrogens (tertiary/aromatic N) is 2. The maximum Gasteiger partial charge on any atom is 0.249 e. The predicted molar refractivity (Wildman–Crippen MR) is 37.0 cm³/mol. The van der Waals surface area contributed by atoms with E-state index in [0.717, 1.165) is 0 Å². The van der Waals surface area contributed by atoms with Crippen LogP contribution in [0.25, 0.3) is 0 Å². The average molecular weight is 153 g/mol. The fourth-order valence-corrected chi connectivity index (χ4v) is 1.25. The number of hydrogen-bond acceptors (Lipinski definition) is 4. The van der Waals surface area contributed by atoms with Crippen molar-refractivity contribution in [3.05, 3.63) is 0 Å². The molecule has 1 N–H and O–H groups in total. The normalized spacial score (nSPS) is 30.4. The number of hydrogen-bond donors (Lipinski definition) is 1. The fraction of sp³-hybridized carbons (Fsp3) is 0.500. The van der Waals surface area contributed by atoms with Gasteiger partial charge in [0.15, 0.2) is 0 Å². The van der Waals surface area contributed by atoms with Crippen molar-refractivity contribution in [1.29, 1.82) is 0 Å². The number of rotatable bonds is 0. The molecule has 11 heavy (non-hydrogen) atoms. The lowest BCUT2D eigenvalue weighted by Gasteiger charge is -2.25. The number of fused-ring (bicyclic) bond motifs is 1. The number of nitrogens with one attached hydrogen (secondary N) is 1. The molecular weight excluding hydrogens is 146 g/mol. The van der Waals surface area contributed by atoms with Crippen LogP contribution in [0, 0.1) is 0 Å². The maximum atomic E-state index is 11.0. The zero-order chi connectivity index (χ0) is 7.84. The van der Waals surface area contributed by atoms with Gasteiger partial charge in [0.05, 0.1) is 13.2 Å². The average Bonchev–Trinajstić information content (AvgIpc) is 2.34. The van der Waals surface area contributed by atoms with Gasteiger partial charge in [-0.1, -0.05) is 0 Å². The zero-order valence-corrected chi connectivity index (χ0v) is 5.78. The van der Waals surface area contributed by atoms with Gasteiger partial charge in [-0.2, -0.15) is 0 Å². The van der Waals surface area contributed by atoms with E-state index in [0.29, 0.717) is 6.67 Å². The van der Waals surface area contributed by atoms with Crippen LogP contribution < -0.4 is 5.32 Å². The van der Waals surface area contributed by atoms with Crippen molar-refractivity contribution in [2.45, 2.75) is 6.04 Å². The van der Waals surface area contributed by atoms with Gasteiger partial charge in [-0.15, -0.1) is 0 Å². The van der Waals surface area contributed by atoms with Gasteiger partial charge in [0.1, 0.15) is 6.04 Å². The standard InChI is InChI=1S/C6H7N3O2/c10-5-2-9-3-7-1-4(9)6(11)8-5/h1,4H,2-3H2,(H,8,10,11). The molecule has 2 aliphatic heterocycles. The minimum absolute atomic E-state index is 0.239. The molecule has 0 radical (unpaired) electrons. The number of imide groups is 1. The molecule has 0 aromatic rings. The Balaban J connectivity index is 2.21. The smallest absolute Gasteiger partial charge is 0.249 e. The van der Waals surface area contributed by atoms with E-state index in [-0.39, 0.29) is 24.4 Å². The van der Waals surface area contributed by atoms with E-state index in [9.17, 15) is 9.59 Å². The van der Waals surface area contributed by atoms with Crippen molar-refractivity contribution in [3.8, 4) is 0 Å². The van der Waals surface area contributed by atoms with Crippen molar-refractivity contribution < 1.29 is 9.59 Å². The first-order valence-electron chi connectivity index (χ1n) is 3.35. The Morgan fingerprint density at radius 2 is 2.45 bits per heavy atom. The molecule has 2 rings (SSSR count). The van der Waals surface area contributed by atoms with Gasteiger partial charge < -0.3 is 0 Å². The lowest BCUT2D eigenvalue weighted by atomic mass is 10.2. The van der Waals surface area contributed by atoms with Gasteiger partial charge in [0, 0.05) is 6.21 Å². The molecule has 5 heteroatoms. The predicted octanol–water partition coefficient (Wildman–Crippen LogP) is -1.64. The van der Waals surface area contributed by atoms with Crippen LogP contribution in [-0.4, -0.2) is 42.2 Å². The van der Waals surface area contributed by atoms with E-state index < -0.39 is 0 Å². The number of amides is 2. The second-order valence-electron chi connectivity index (χ2n) is 2.58. The molecule has 2 amide bonds. The van der Waals surface area contributed by atoms with Crippen molar-refractivity contribution in [1.82, 2.24) is 10.2 Å². The van der Waals surface area contributed by atoms with Crippen LogP contribution in [0.2, 0.25) is 0 Å². The van der Waals surface area contributed by atoms with Crippen LogP contribution in [0.1, 0.15) is 0 Å². The molecule has 0 spiro atoms. The quantitative estimate of drug-likeness (QED) is 0.424. The number of piperazine rings is 1. The van der Waals surface area contributed by atoms with Crippen LogP contribution in [0.15, 0.2) is 4.99 Å². The molecule has 1 unspecified atom stereocenters. The SMILES string of the molecule is O=C1CN2CN=CC2C(=O)N1. The van der Waals surface area contributed by atoms with Crippen LogP contribution >= 0.6 is 0 Å². The van der Waals surface area contributed by atoms with Gasteiger partial charge >= 0.3 is 0 Å². The number of aliphatic imine (C=N–C) groups is 1. The van der Waals surface area contributed by atoms with Gasteiger partial charge in [0.2, 0.25) is 11.8 Å². The summed E-state index contributed by atoms with van der Waals surface area (Å²) in [5, 5.41) is 2.24. The summed E-state index contributed by atoms with van der Waals surface area (Å²) in [5.74, 6) is -0.501. The molecule has 0 aromatic heterocycles. The largest absolute Gasteiger partial charge is 0.294 e. The highest BCUT2D eigenvalue weighted by molar-refractivity contribution is 6.09. The van der Waals surface area contributed by atoms with Gasteiger partial charge in [-0.3, -0.25) is 24.8 Å². The molecule has 1 atom stereocenters. The van der Waals surface area contributed by atoms with Crippen molar-refractivity contribution in [2.75, 3.05) is 13.2 Å². The number of carbonyl (C=O) groups excluding carboxylic acids is 2. The molecule has 5 nitrogen and oxygen atoms in total. The van der Waals surface area contributed by atoms with Crippen LogP contribution in [0.4, 0.5) is 0 Å². The highest BCUT2D eigenvalue weighted by atomic mass is 16.2.